The normalized spacial score (nSPS) is 17.5. The summed E-state index contributed by atoms with van der Waals surface area (Å²) in [4.78, 5) is 38.2. The van der Waals surface area contributed by atoms with E-state index in [0.29, 0.717) is 29.5 Å². The number of benzene rings is 2. The molecule has 0 radical (unpaired) electrons. The highest BCUT2D eigenvalue weighted by molar-refractivity contribution is 6.21. The van der Waals surface area contributed by atoms with Crippen molar-refractivity contribution in [3.8, 4) is 11.1 Å². The quantitative estimate of drug-likeness (QED) is 0.507. The summed E-state index contributed by atoms with van der Waals surface area (Å²) in [5, 5.41) is 22.0. The van der Waals surface area contributed by atoms with Crippen molar-refractivity contribution in [3.63, 3.8) is 0 Å². The number of carbonyl (C=O) groups is 3. The molecule has 2 aromatic rings. The second kappa shape index (κ2) is 9.67. The Morgan fingerprint density at radius 3 is 2.03 bits per heavy atom. The van der Waals surface area contributed by atoms with E-state index in [1.54, 1.807) is 24.3 Å². The van der Waals surface area contributed by atoms with Crippen molar-refractivity contribution in [2.75, 3.05) is 6.54 Å². The van der Waals surface area contributed by atoms with Gasteiger partial charge in [-0.2, -0.15) is 13.2 Å². The van der Waals surface area contributed by atoms with Crippen molar-refractivity contribution in [1.82, 2.24) is 10.2 Å². The summed E-state index contributed by atoms with van der Waals surface area (Å²) < 4.78 is 38.5. The van der Waals surface area contributed by atoms with Crippen LogP contribution in [0.15, 0.2) is 59.9 Å². The van der Waals surface area contributed by atoms with Crippen molar-refractivity contribution < 1.29 is 37.8 Å². The van der Waals surface area contributed by atoms with Crippen molar-refractivity contribution in [1.29, 1.82) is 0 Å². The van der Waals surface area contributed by atoms with Gasteiger partial charge in [0.25, 0.3) is 11.8 Å². The number of halogens is 3. The minimum atomic E-state index is -4.41. The van der Waals surface area contributed by atoms with E-state index in [0.717, 1.165) is 31.4 Å². The zero-order valence-electron chi connectivity index (χ0n) is 19.3. The van der Waals surface area contributed by atoms with Gasteiger partial charge < -0.3 is 20.4 Å². The Bertz CT molecular complexity index is 1200. The van der Waals surface area contributed by atoms with E-state index in [4.69, 9.17) is 5.11 Å². The molecule has 1 aliphatic heterocycles. The Kier molecular flexibility index (Phi) is 6.79. The monoisotopic (exact) mass is 502 g/mol. The van der Waals surface area contributed by atoms with Crippen LogP contribution in [0.2, 0.25) is 0 Å². The van der Waals surface area contributed by atoms with Crippen molar-refractivity contribution >= 4 is 17.8 Å². The Morgan fingerprint density at radius 1 is 0.944 bits per heavy atom. The van der Waals surface area contributed by atoms with Crippen molar-refractivity contribution in [2.24, 2.45) is 0 Å². The molecule has 4 rings (SSSR count). The lowest BCUT2D eigenvalue weighted by Gasteiger charge is -2.41. The third-order valence-corrected chi connectivity index (χ3v) is 6.80. The molecule has 0 bridgehead atoms. The predicted octanol–water partition coefficient (Wildman–Crippen LogP) is 4.43. The van der Waals surface area contributed by atoms with Gasteiger partial charge in [-0.25, -0.2) is 0 Å². The molecule has 1 heterocycles. The number of nitrogens with zero attached hydrogens (tertiary/aromatic N) is 1. The second-order valence-electron chi connectivity index (χ2n) is 9.06. The molecule has 0 aromatic heterocycles. The van der Waals surface area contributed by atoms with Crippen molar-refractivity contribution in [3.05, 3.63) is 71.0 Å². The molecule has 3 N–H and O–H groups in total. The van der Waals surface area contributed by atoms with Crippen LogP contribution in [0.4, 0.5) is 13.2 Å². The molecule has 36 heavy (non-hydrogen) atoms. The predicted molar refractivity (Wildman–Crippen MR) is 124 cm³/mol. The number of rotatable bonds is 6. The summed E-state index contributed by atoms with van der Waals surface area (Å²) in [6.45, 7) is -0.576. The van der Waals surface area contributed by atoms with Crippen molar-refractivity contribution in [2.45, 2.75) is 50.4 Å². The van der Waals surface area contributed by atoms with Gasteiger partial charge in [0.15, 0.2) is 0 Å². The number of carboxylic acids is 1. The lowest BCUT2D eigenvalue weighted by atomic mass is 9.79. The first-order chi connectivity index (χ1) is 17.0. The van der Waals surface area contributed by atoms with Gasteiger partial charge in [-0.3, -0.25) is 14.4 Å². The Labute approximate surface area is 205 Å². The van der Waals surface area contributed by atoms with E-state index in [1.807, 2.05) is 0 Å². The van der Waals surface area contributed by atoms with Crippen LogP contribution in [0.5, 0.6) is 0 Å². The van der Waals surface area contributed by atoms with Gasteiger partial charge in [-0.1, -0.05) is 55.7 Å². The summed E-state index contributed by atoms with van der Waals surface area (Å²) >= 11 is 0. The maximum Gasteiger partial charge on any atom is 0.416 e. The van der Waals surface area contributed by atoms with Gasteiger partial charge in [0.05, 0.1) is 5.56 Å². The third-order valence-electron chi connectivity index (χ3n) is 6.80. The number of hydrogen-bond acceptors (Lipinski definition) is 4. The first-order valence-corrected chi connectivity index (χ1v) is 11.6. The number of amides is 2. The Hall–Kier alpha value is -3.82. The Morgan fingerprint density at radius 2 is 1.50 bits per heavy atom. The second-order valence-corrected chi connectivity index (χ2v) is 9.06. The number of carboxylic acid groups (broad SMARTS) is 1. The number of aliphatic carboxylic acids is 1. The number of hydrogen-bond donors (Lipinski definition) is 3. The molecule has 2 aromatic carbocycles. The molecule has 7 nitrogen and oxygen atoms in total. The van der Waals surface area contributed by atoms with E-state index < -0.39 is 47.2 Å². The molecular weight excluding hydrogens is 477 g/mol. The minimum absolute atomic E-state index is 0.103. The van der Waals surface area contributed by atoms with Crippen LogP contribution in [-0.2, 0) is 27.1 Å². The van der Waals surface area contributed by atoms with E-state index in [-0.39, 0.29) is 12.3 Å². The van der Waals surface area contributed by atoms with Crippen LogP contribution in [0.25, 0.3) is 11.1 Å². The molecule has 1 saturated carbocycles. The fourth-order valence-corrected chi connectivity index (χ4v) is 4.94. The first kappa shape index (κ1) is 25.3. The van der Waals surface area contributed by atoms with Crippen LogP contribution < -0.4 is 5.32 Å². The molecule has 190 valence electrons. The van der Waals surface area contributed by atoms with E-state index >= 15 is 0 Å². The average Bonchev–Trinajstić information content (AvgIpc) is 3.04. The first-order valence-electron chi connectivity index (χ1n) is 11.6. The number of carbonyl (C=O) groups excluding carboxylic acids is 2. The number of aliphatic hydroxyl groups excluding tert-OH is 1. The van der Waals surface area contributed by atoms with Crippen LogP contribution in [0, 0.1) is 0 Å². The summed E-state index contributed by atoms with van der Waals surface area (Å²) in [5.74, 6) is -3.18. The molecule has 0 unspecified atom stereocenters. The van der Waals surface area contributed by atoms with E-state index in [2.05, 4.69) is 5.32 Å². The number of alkyl halides is 3. The standard InChI is InChI=1S/C26H25F3N2O5/c27-26(28,29)19-10-8-18(9-11-19)17-6-4-16(5-7-17)15-31-24(36)21(23(35)30-14-20(32)33)22(34)25(31)12-2-1-3-13-25/h4-11,34H,1-3,12-15H2,(H,30,35)(H,32,33). The van der Waals surface area contributed by atoms with Gasteiger partial charge in [0, 0.05) is 6.54 Å². The fraction of sp³-hybridized carbons (Fsp3) is 0.346. The molecule has 2 amide bonds. The van der Waals surface area contributed by atoms with Gasteiger partial charge in [0.1, 0.15) is 23.4 Å². The minimum Gasteiger partial charge on any atom is -0.509 e. The molecule has 1 fully saturated rings. The number of aliphatic hydroxyl groups is 1. The van der Waals surface area contributed by atoms with E-state index in [9.17, 15) is 32.7 Å². The Balaban J connectivity index is 1.57. The van der Waals surface area contributed by atoms with Gasteiger partial charge in [-0.15, -0.1) is 0 Å². The summed E-state index contributed by atoms with van der Waals surface area (Å²) in [6.07, 6.45) is -1.02. The highest BCUT2D eigenvalue weighted by atomic mass is 19.4. The maximum atomic E-state index is 13.3. The lowest BCUT2D eigenvalue weighted by Crippen LogP contribution is -2.49. The molecule has 0 saturated heterocycles. The summed E-state index contributed by atoms with van der Waals surface area (Å²) in [6, 6.07) is 11.8. The SMILES string of the molecule is O=C(O)CNC(=O)C1=C(O)C2(CCCCC2)N(Cc2ccc(-c3ccc(C(F)(F)F)cc3)cc2)C1=O. The highest BCUT2D eigenvalue weighted by Crippen LogP contribution is 2.45. The molecule has 1 spiro atoms. The zero-order chi connectivity index (χ0) is 26.1. The van der Waals surface area contributed by atoms with Gasteiger partial charge in [0.2, 0.25) is 0 Å². The fourth-order valence-electron chi connectivity index (χ4n) is 4.94. The zero-order valence-corrected chi connectivity index (χ0v) is 19.3. The van der Waals surface area contributed by atoms with Crippen LogP contribution >= 0.6 is 0 Å². The number of nitrogens with one attached hydrogen (secondary N) is 1. The molecule has 0 atom stereocenters. The van der Waals surface area contributed by atoms with Crippen LogP contribution in [0.3, 0.4) is 0 Å². The third kappa shape index (κ3) is 4.80. The van der Waals surface area contributed by atoms with Crippen LogP contribution in [0.1, 0.15) is 43.2 Å². The van der Waals surface area contributed by atoms with Gasteiger partial charge >= 0.3 is 12.1 Å². The molecule has 2 aliphatic rings. The smallest absolute Gasteiger partial charge is 0.416 e. The van der Waals surface area contributed by atoms with E-state index in [1.165, 1.54) is 17.0 Å². The maximum absolute atomic E-state index is 13.3. The van der Waals surface area contributed by atoms with Gasteiger partial charge in [-0.05, 0) is 41.7 Å². The van der Waals surface area contributed by atoms with Crippen LogP contribution in [-0.4, -0.2) is 45.0 Å². The topological polar surface area (TPSA) is 107 Å². The molecule has 1 aliphatic carbocycles. The summed E-state index contributed by atoms with van der Waals surface area (Å²) in [5.41, 5.74) is -0.182. The lowest BCUT2D eigenvalue weighted by molar-refractivity contribution is -0.138. The summed E-state index contributed by atoms with van der Waals surface area (Å²) in [7, 11) is 0. The molecule has 10 heteroatoms. The molecular formula is C26H25F3N2O5. The highest BCUT2D eigenvalue weighted by Gasteiger charge is 2.53. The largest absolute Gasteiger partial charge is 0.509 e. The average molecular weight is 502 g/mol.